The van der Waals surface area contributed by atoms with Gasteiger partial charge in [-0.05, 0) is 65.7 Å². The van der Waals surface area contributed by atoms with Crippen molar-refractivity contribution in [1.29, 1.82) is 0 Å². The molecule has 0 radical (unpaired) electrons. The Hall–Kier alpha value is -6.71. The number of hydrogen-bond donors (Lipinski definition) is 0. The lowest BCUT2D eigenvalue weighted by Crippen LogP contribution is -1.98. The van der Waals surface area contributed by atoms with Crippen molar-refractivity contribution in [3.05, 3.63) is 188 Å². The van der Waals surface area contributed by atoms with Gasteiger partial charge in [0.25, 0.3) is 0 Å². The van der Waals surface area contributed by atoms with Crippen LogP contribution in [-0.4, -0.2) is 14.1 Å². The van der Waals surface area contributed by atoms with E-state index in [9.17, 15) is 0 Å². The minimum atomic E-state index is 0.948. The first-order valence-electron chi connectivity index (χ1n) is 17.1. The van der Waals surface area contributed by atoms with E-state index in [4.69, 9.17) is 4.98 Å². The highest BCUT2D eigenvalue weighted by atomic mass is 15.0. The van der Waals surface area contributed by atoms with Crippen molar-refractivity contribution in [3.63, 3.8) is 0 Å². The maximum atomic E-state index is 5.17. The average Bonchev–Trinajstić information content (AvgIpc) is 3.71. The summed E-state index contributed by atoms with van der Waals surface area (Å²) in [5.74, 6) is 0. The molecule has 50 heavy (non-hydrogen) atoms. The third-order valence-corrected chi connectivity index (χ3v) is 9.90. The zero-order valence-corrected chi connectivity index (χ0v) is 27.2. The van der Waals surface area contributed by atoms with E-state index in [2.05, 4.69) is 197 Å². The Balaban J connectivity index is 1.20. The minimum Gasteiger partial charge on any atom is -0.309 e. The van der Waals surface area contributed by atoms with Crippen LogP contribution in [0.4, 0.5) is 0 Å². The molecule has 0 saturated carbocycles. The molecule has 0 bridgehead atoms. The molecule has 0 aliphatic rings. The molecule has 0 saturated heterocycles. The maximum Gasteiger partial charge on any atom is 0.0730 e. The molecule has 0 unspecified atom stereocenters. The van der Waals surface area contributed by atoms with Gasteiger partial charge in [0.1, 0.15) is 0 Å². The van der Waals surface area contributed by atoms with Gasteiger partial charge in [-0.15, -0.1) is 0 Å². The highest BCUT2D eigenvalue weighted by Gasteiger charge is 2.17. The highest BCUT2D eigenvalue weighted by molar-refractivity contribution is 6.12. The van der Waals surface area contributed by atoms with Gasteiger partial charge in [0.15, 0.2) is 0 Å². The quantitative estimate of drug-likeness (QED) is 0.184. The molecule has 10 rings (SSSR count). The van der Waals surface area contributed by atoms with Crippen LogP contribution in [-0.2, 0) is 0 Å². The second-order valence-corrected chi connectivity index (χ2v) is 12.8. The SMILES string of the molecule is c1ccc(-c2cc(-n3c4ccccc4c4ccc(-c5ccc6c(c5)c5ccccc5n6-c5ccccc5)cc43)cc(-c3ccccc3)n2)cc1. The highest BCUT2D eigenvalue weighted by Crippen LogP contribution is 2.39. The van der Waals surface area contributed by atoms with E-state index in [1.807, 2.05) is 0 Å². The van der Waals surface area contributed by atoms with Crippen molar-refractivity contribution >= 4 is 43.6 Å². The van der Waals surface area contributed by atoms with Gasteiger partial charge in [0.05, 0.1) is 39.1 Å². The second-order valence-electron chi connectivity index (χ2n) is 12.8. The summed E-state index contributed by atoms with van der Waals surface area (Å²) in [5.41, 5.74) is 13.5. The second kappa shape index (κ2) is 11.5. The monoisotopic (exact) mass is 637 g/mol. The Kier molecular flexibility index (Phi) is 6.49. The number of fused-ring (bicyclic) bond motifs is 6. The van der Waals surface area contributed by atoms with E-state index >= 15 is 0 Å². The molecular weight excluding hydrogens is 607 g/mol. The molecule has 0 atom stereocenters. The molecule has 0 fully saturated rings. The smallest absolute Gasteiger partial charge is 0.0730 e. The third-order valence-electron chi connectivity index (χ3n) is 9.90. The molecule has 0 aliphatic heterocycles. The first kappa shape index (κ1) is 28.3. The summed E-state index contributed by atoms with van der Waals surface area (Å²) in [6, 6.07) is 67.3. The van der Waals surface area contributed by atoms with Crippen LogP contribution in [0.2, 0.25) is 0 Å². The van der Waals surface area contributed by atoms with E-state index in [0.717, 1.165) is 28.2 Å². The number of benzene rings is 7. The molecule has 0 N–H and O–H groups in total. The van der Waals surface area contributed by atoms with E-state index in [1.165, 1.54) is 60.4 Å². The Bertz CT molecular complexity index is 2790. The Labute approximate surface area is 290 Å². The predicted octanol–water partition coefficient (Wildman–Crippen LogP) is 12.3. The van der Waals surface area contributed by atoms with Gasteiger partial charge >= 0.3 is 0 Å². The van der Waals surface area contributed by atoms with E-state index in [0.29, 0.717) is 0 Å². The third kappa shape index (κ3) is 4.56. The lowest BCUT2D eigenvalue weighted by atomic mass is 10.0. The summed E-state index contributed by atoms with van der Waals surface area (Å²) in [6.07, 6.45) is 0. The van der Waals surface area contributed by atoms with Crippen molar-refractivity contribution < 1.29 is 0 Å². The first-order valence-corrected chi connectivity index (χ1v) is 17.1. The fourth-order valence-electron chi connectivity index (χ4n) is 7.59. The van der Waals surface area contributed by atoms with Crippen molar-refractivity contribution in [2.75, 3.05) is 0 Å². The van der Waals surface area contributed by atoms with Crippen molar-refractivity contribution in [2.45, 2.75) is 0 Å². The van der Waals surface area contributed by atoms with Gasteiger partial charge in [-0.1, -0.05) is 133 Å². The standard InChI is InChI=1S/C47H31N3/c1-4-14-32(15-5-1)42-30-37(31-43(48-42)33-16-6-2-7-17-33)50-44-22-12-10-20-38(44)40-26-24-35(29-47(40)50)34-25-27-46-41(28-34)39-21-11-13-23-45(39)49(46)36-18-8-3-9-19-36/h1-31H. The van der Waals surface area contributed by atoms with Crippen LogP contribution >= 0.6 is 0 Å². The molecule has 10 aromatic rings. The van der Waals surface area contributed by atoms with E-state index in [-0.39, 0.29) is 0 Å². The number of nitrogens with zero attached hydrogens (tertiary/aromatic N) is 3. The molecule has 3 nitrogen and oxygen atoms in total. The van der Waals surface area contributed by atoms with Crippen LogP contribution in [0, 0.1) is 0 Å². The summed E-state index contributed by atoms with van der Waals surface area (Å²) < 4.78 is 4.78. The molecule has 0 spiro atoms. The van der Waals surface area contributed by atoms with E-state index in [1.54, 1.807) is 0 Å². The van der Waals surface area contributed by atoms with Gasteiger partial charge in [0, 0.05) is 38.4 Å². The summed E-state index contributed by atoms with van der Waals surface area (Å²) in [7, 11) is 0. The molecule has 3 heterocycles. The van der Waals surface area contributed by atoms with Crippen LogP contribution in [0.25, 0.3) is 88.6 Å². The largest absolute Gasteiger partial charge is 0.309 e. The lowest BCUT2D eigenvalue weighted by Gasteiger charge is -2.14. The zero-order chi connectivity index (χ0) is 33.0. The molecule has 7 aromatic carbocycles. The van der Waals surface area contributed by atoms with Gasteiger partial charge in [-0.25, -0.2) is 4.98 Å². The maximum absolute atomic E-state index is 5.17. The molecule has 3 aromatic heterocycles. The summed E-state index contributed by atoms with van der Waals surface area (Å²) >= 11 is 0. The summed E-state index contributed by atoms with van der Waals surface area (Å²) in [4.78, 5) is 5.17. The topological polar surface area (TPSA) is 22.8 Å². The number of hydrogen-bond acceptors (Lipinski definition) is 1. The van der Waals surface area contributed by atoms with Crippen LogP contribution < -0.4 is 0 Å². The predicted molar refractivity (Wildman–Crippen MR) is 209 cm³/mol. The van der Waals surface area contributed by atoms with Gasteiger partial charge in [-0.3, -0.25) is 0 Å². The van der Waals surface area contributed by atoms with Crippen LogP contribution in [0.1, 0.15) is 0 Å². The summed E-state index contributed by atoms with van der Waals surface area (Å²) in [5, 5.41) is 4.96. The van der Waals surface area contributed by atoms with Crippen LogP contribution in [0.5, 0.6) is 0 Å². The fraction of sp³-hybridized carbons (Fsp3) is 0. The number of para-hydroxylation sites is 3. The fourth-order valence-corrected chi connectivity index (χ4v) is 7.59. The van der Waals surface area contributed by atoms with E-state index < -0.39 is 0 Å². The number of pyridine rings is 1. The number of rotatable bonds is 5. The lowest BCUT2D eigenvalue weighted by molar-refractivity contribution is 1.16. The Morgan fingerprint density at radius 1 is 0.280 bits per heavy atom. The molecule has 0 aliphatic carbocycles. The Morgan fingerprint density at radius 2 is 0.740 bits per heavy atom. The van der Waals surface area contributed by atoms with Gasteiger partial charge in [0.2, 0.25) is 0 Å². The molecule has 234 valence electrons. The molecule has 3 heteroatoms. The van der Waals surface area contributed by atoms with Crippen LogP contribution in [0.15, 0.2) is 188 Å². The zero-order valence-electron chi connectivity index (χ0n) is 27.2. The first-order chi connectivity index (χ1) is 24.8. The van der Waals surface area contributed by atoms with Crippen molar-refractivity contribution in [1.82, 2.24) is 14.1 Å². The average molecular weight is 638 g/mol. The Morgan fingerprint density at radius 3 is 1.38 bits per heavy atom. The summed E-state index contributed by atoms with van der Waals surface area (Å²) in [6.45, 7) is 0. The van der Waals surface area contributed by atoms with Crippen LogP contribution in [0.3, 0.4) is 0 Å². The van der Waals surface area contributed by atoms with Crippen molar-refractivity contribution in [2.24, 2.45) is 0 Å². The van der Waals surface area contributed by atoms with Gasteiger partial charge < -0.3 is 9.13 Å². The molecular formula is C47H31N3. The minimum absolute atomic E-state index is 0.948. The van der Waals surface area contributed by atoms with Gasteiger partial charge in [-0.2, -0.15) is 0 Å². The molecule has 0 amide bonds. The van der Waals surface area contributed by atoms with Crippen molar-refractivity contribution in [3.8, 4) is 45.0 Å². The number of aromatic nitrogens is 3. The normalized spacial score (nSPS) is 11.6.